The molecule has 0 aliphatic carbocycles. The zero-order chi connectivity index (χ0) is 24.2. The second-order valence-electron chi connectivity index (χ2n) is 7.94. The molecule has 1 fully saturated rings. The molecule has 1 saturated heterocycles. The Morgan fingerprint density at radius 3 is 2.47 bits per heavy atom. The van der Waals surface area contributed by atoms with E-state index in [1.807, 2.05) is 0 Å². The number of aliphatic hydroxyl groups excluding tert-OH is 3. The van der Waals surface area contributed by atoms with Gasteiger partial charge in [-0.25, -0.2) is 13.8 Å². The minimum absolute atomic E-state index is 0.0582. The molecule has 178 valence electrons. The molecule has 9 heteroatoms. The van der Waals surface area contributed by atoms with E-state index in [1.54, 1.807) is 42.0 Å². The summed E-state index contributed by atoms with van der Waals surface area (Å²) in [4.78, 5) is 4.08. The van der Waals surface area contributed by atoms with Crippen LogP contribution in [0.25, 0.3) is 11.1 Å². The van der Waals surface area contributed by atoms with Crippen LogP contribution in [0.15, 0.2) is 48.8 Å². The molecule has 0 spiro atoms. The predicted molar refractivity (Wildman–Crippen MR) is 119 cm³/mol. The van der Waals surface area contributed by atoms with Crippen molar-refractivity contribution in [2.45, 2.75) is 31.3 Å². The lowest BCUT2D eigenvalue weighted by Gasteiger charge is -2.17. The number of hydrogen-bond acceptors (Lipinski definition) is 6. The van der Waals surface area contributed by atoms with E-state index in [0.717, 1.165) is 0 Å². The summed E-state index contributed by atoms with van der Waals surface area (Å²) in [6, 6.07) is 8.50. The molecule has 3 aromatic rings. The summed E-state index contributed by atoms with van der Waals surface area (Å²) in [5.74, 6) is 4.01. The van der Waals surface area contributed by atoms with E-state index in [4.69, 9.17) is 9.47 Å². The average molecular weight is 470 g/mol. The number of nitrogens with zero attached hydrogens (tertiary/aromatic N) is 2. The fourth-order valence-corrected chi connectivity index (χ4v) is 3.65. The second kappa shape index (κ2) is 10.3. The molecular weight excluding hydrogens is 446 g/mol. The fourth-order valence-electron chi connectivity index (χ4n) is 3.65. The summed E-state index contributed by atoms with van der Waals surface area (Å²) in [6.45, 7) is 1.43. The van der Waals surface area contributed by atoms with E-state index in [9.17, 15) is 24.1 Å². The third kappa shape index (κ3) is 5.11. The number of ether oxygens (including phenoxy) is 2. The van der Waals surface area contributed by atoms with Crippen LogP contribution in [0.4, 0.5) is 8.78 Å². The van der Waals surface area contributed by atoms with Crippen molar-refractivity contribution < 1.29 is 33.6 Å². The smallest absolute Gasteiger partial charge is 0.191 e. The van der Waals surface area contributed by atoms with Gasteiger partial charge in [0.05, 0.1) is 19.8 Å². The van der Waals surface area contributed by atoms with Gasteiger partial charge in [-0.2, -0.15) is 0 Å². The maximum absolute atomic E-state index is 14.6. The van der Waals surface area contributed by atoms with E-state index < -0.39 is 41.7 Å². The van der Waals surface area contributed by atoms with Crippen molar-refractivity contribution in [2.75, 3.05) is 19.8 Å². The maximum atomic E-state index is 14.6. The Morgan fingerprint density at radius 1 is 1.18 bits per heavy atom. The average Bonchev–Trinajstić information content (AvgIpc) is 3.46. The summed E-state index contributed by atoms with van der Waals surface area (Å²) < 4.78 is 41.1. The van der Waals surface area contributed by atoms with Gasteiger partial charge >= 0.3 is 0 Å². The number of benzene rings is 2. The van der Waals surface area contributed by atoms with E-state index >= 15 is 0 Å². The zero-order valence-electron chi connectivity index (χ0n) is 18.4. The standard InChI is InChI=1S/C25H24F2N2O5/c1-15(31)25-28-8-9-29(25)19(12-30)7-4-16-2-5-17(6-3-16)18-10-20(26)24(21(27)11-18)34-23-14-33-13-22(23)32/h2-3,5-6,8-11,15,19,22-23,30-32H,12-14H2,1H3/t15-,19-,22?,23?/m0/s1. The van der Waals surface area contributed by atoms with Crippen molar-refractivity contribution in [3.8, 4) is 28.7 Å². The summed E-state index contributed by atoms with van der Waals surface area (Å²) >= 11 is 0. The lowest BCUT2D eigenvalue weighted by atomic mass is 10.0. The summed E-state index contributed by atoms with van der Waals surface area (Å²) in [5, 5.41) is 29.3. The molecule has 2 aromatic carbocycles. The molecule has 0 radical (unpaired) electrons. The molecule has 0 amide bonds. The van der Waals surface area contributed by atoms with Crippen LogP contribution < -0.4 is 4.74 Å². The van der Waals surface area contributed by atoms with Gasteiger partial charge in [-0.1, -0.05) is 24.0 Å². The Morgan fingerprint density at radius 2 is 1.88 bits per heavy atom. The third-order valence-corrected chi connectivity index (χ3v) is 5.45. The fraction of sp³-hybridized carbons (Fsp3) is 0.320. The highest BCUT2D eigenvalue weighted by Crippen LogP contribution is 2.31. The molecule has 2 unspecified atom stereocenters. The van der Waals surface area contributed by atoms with Gasteiger partial charge in [0.25, 0.3) is 0 Å². The predicted octanol–water partition coefficient (Wildman–Crippen LogP) is 2.61. The van der Waals surface area contributed by atoms with Gasteiger partial charge in [0.2, 0.25) is 0 Å². The van der Waals surface area contributed by atoms with Crippen molar-refractivity contribution in [1.29, 1.82) is 0 Å². The monoisotopic (exact) mass is 470 g/mol. The largest absolute Gasteiger partial charge is 0.479 e. The van der Waals surface area contributed by atoms with Crippen molar-refractivity contribution >= 4 is 0 Å². The van der Waals surface area contributed by atoms with Gasteiger partial charge in [-0.3, -0.25) is 0 Å². The van der Waals surface area contributed by atoms with Crippen LogP contribution >= 0.6 is 0 Å². The van der Waals surface area contributed by atoms with Crippen LogP contribution in [0.1, 0.15) is 30.5 Å². The maximum Gasteiger partial charge on any atom is 0.191 e. The molecule has 3 N–H and O–H groups in total. The molecular formula is C25H24F2N2O5. The first kappa shape index (κ1) is 23.9. The van der Waals surface area contributed by atoms with E-state index in [2.05, 4.69) is 16.8 Å². The summed E-state index contributed by atoms with van der Waals surface area (Å²) in [5.41, 5.74) is 1.53. The minimum Gasteiger partial charge on any atom is -0.479 e. The lowest BCUT2D eigenvalue weighted by Crippen LogP contribution is -2.30. The number of rotatable bonds is 6. The van der Waals surface area contributed by atoms with E-state index in [-0.39, 0.29) is 19.8 Å². The number of aromatic nitrogens is 2. The molecule has 34 heavy (non-hydrogen) atoms. The summed E-state index contributed by atoms with van der Waals surface area (Å²) in [6.07, 6.45) is 0.593. The van der Waals surface area contributed by atoms with Crippen LogP contribution in [0, 0.1) is 23.5 Å². The molecule has 0 bridgehead atoms. The summed E-state index contributed by atoms with van der Waals surface area (Å²) in [7, 11) is 0. The van der Waals surface area contributed by atoms with Crippen LogP contribution in [0.3, 0.4) is 0 Å². The molecule has 4 atom stereocenters. The Balaban J connectivity index is 1.51. The number of hydrogen-bond donors (Lipinski definition) is 3. The van der Waals surface area contributed by atoms with Gasteiger partial charge < -0.3 is 29.4 Å². The molecule has 7 nitrogen and oxygen atoms in total. The van der Waals surface area contributed by atoms with Crippen molar-refractivity contribution in [3.63, 3.8) is 0 Å². The first-order valence-electron chi connectivity index (χ1n) is 10.7. The van der Waals surface area contributed by atoms with Gasteiger partial charge in [0, 0.05) is 18.0 Å². The van der Waals surface area contributed by atoms with Crippen LogP contribution in [-0.4, -0.2) is 56.9 Å². The van der Waals surface area contributed by atoms with Crippen molar-refractivity contribution in [2.24, 2.45) is 0 Å². The van der Waals surface area contributed by atoms with E-state index in [1.165, 1.54) is 18.3 Å². The highest BCUT2D eigenvalue weighted by atomic mass is 19.1. The molecule has 0 saturated carbocycles. The first-order chi connectivity index (χ1) is 16.4. The van der Waals surface area contributed by atoms with Crippen molar-refractivity contribution in [3.05, 3.63) is 71.8 Å². The Bertz CT molecular complexity index is 1180. The van der Waals surface area contributed by atoms with Crippen LogP contribution in [0.5, 0.6) is 5.75 Å². The number of halogens is 2. The first-order valence-corrected chi connectivity index (χ1v) is 10.7. The zero-order valence-corrected chi connectivity index (χ0v) is 18.4. The lowest BCUT2D eigenvalue weighted by molar-refractivity contribution is 0.0680. The Kier molecular flexibility index (Phi) is 7.24. The molecule has 2 heterocycles. The Hall–Kier alpha value is -3.29. The topological polar surface area (TPSA) is 97.0 Å². The molecule has 1 aromatic heterocycles. The molecule has 4 rings (SSSR count). The molecule has 1 aliphatic heterocycles. The highest BCUT2D eigenvalue weighted by molar-refractivity contribution is 5.65. The van der Waals surface area contributed by atoms with Gasteiger partial charge in [-0.15, -0.1) is 0 Å². The number of aliphatic hydroxyl groups is 3. The van der Waals surface area contributed by atoms with Gasteiger partial charge in [0.15, 0.2) is 23.5 Å². The number of imidazole rings is 1. The van der Waals surface area contributed by atoms with Crippen LogP contribution in [-0.2, 0) is 4.74 Å². The quantitative estimate of drug-likeness (QED) is 0.480. The highest BCUT2D eigenvalue weighted by Gasteiger charge is 2.30. The minimum atomic E-state index is -0.940. The van der Waals surface area contributed by atoms with Gasteiger partial charge in [0.1, 0.15) is 24.1 Å². The third-order valence-electron chi connectivity index (χ3n) is 5.45. The van der Waals surface area contributed by atoms with E-state index in [0.29, 0.717) is 22.5 Å². The molecule has 1 aliphatic rings. The van der Waals surface area contributed by atoms with Crippen molar-refractivity contribution in [1.82, 2.24) is 9.55 Å². The van der Waals surface area contributed by atoms with Crippen LogP contribution in [0.2, 0.25) is 0 Å². The Labute approximate surface area is 195 Å². The van der Waals surface area contributed by atoms with Gasteiger partial charge in [-0.05, 0) is 42.3 Å². The normalized spacial score (nSPS) is 19.4. The SMILES string of the molecule is C[C@H](O)c1nccn1[C@@H](C#Cc1ccc(-c2cc(F)c(OC3COCC3O)c(F)c2)cc1)CO. The second-order valence-corrected chi connectivity index (χ2v) is 7.94.